The van der Waals surface area contributed by atoms with Crippen LogP contribution in [0.15, 0.2) is 72.9 Å². The Labute approximate surface area is 325 Å². The van der Waals surface area contributed by atoms with E-state index in [-0.39, 0.29) is 19.4 Å². The molecule has 0 aliphatic heterocycles. The molecule has 0 aromatic carbocycles. The second-order valence-corrected chi connectivity index (χ2v) is 15.1. The van der Waals surface area contributed by atoms with Crippen LogP contribution < -0.4 is 0 Å². The van der Waals surface area contributed by atoms with E-state index in [1.54, 1.807) is 6.08 Å². The van der Waals surface area contributed by atoms with Crippen LogP contribution in [-0.4, -0.2) is 76.9 Å². The van der Waals surface area contributed by atoms with Gasteiger partial charge in [-0.3, -0.25) is 18.6 Å². The van der Waals surface area contributed by atoms with Gasteiger partial charge in [0.1, 0.15) is 12.7 Å². The molecule has 0 aliphatic rings. The Kier molecular flexibility index (Phi) is 34.3. The van der Waals surface area contributed by atoms with Gasteiger partial charge in [-0.05, 0) is 50.9 Å². The third-order valence-corrected chi connectivity index (χ3v) is 8.85. The van der Waals surface area contributed by atoms with Crippen molar-refractivity contribution in [1.29, 1.82) is 0 Å². The number of aliphatic hydroxyl groups excluding tert-OH is 3. The third kappa shape index (κ3) is 36.4. The van der Waals surface area contributed by atoms with Gasteiger partial charge >= 0.3 is 19.8 Å². The summed E-state index contributed by atoms with van der Waals surface area (Å²) in [4.78, 5) is 34.8. The summed E-state index contributed by atoms with van der Waals surface area (Å²) < 4.78 is 32.5. The fourth-order valence-electron chi connectivity index (χ4n) is 4.82. The van der Waals surface area contributed by atoms with Crippen molar-refractivity contribution in [1.82, 2.24) is 0 Å². The zero-order chi connectivity index (χ0) is 40.1. The summed E-state index contributed by atoms with van der Waals surface area (Å²) in [7, 11) is -4.64. The molecule has 4 atom stereocenters. The predicted octanol–water partition coefficient (Wildman–Crippen LogP) is 8.93. The molecule has 11 nitrogen and oxygen atoms in total. The number of phosphoric ester groups is 1. The van der Waals surface area contributed by atoms with Crippen LogP contribution in [0.25, 0.3) is 0 Å². The second-order valence-electron chi connectivity index (χ2n) is 13.6. The SMILES string of the molecule is CC/C=C\C/C=C\CC(O)/C=C/C=C\C/C=C\C/C=C\CCC(=O)OC[C@H](COP(=O)(O)OC[C@@H](O)CO)OC(=O)CCCCCCCCCCC(C)C. The predicted molar refractivity (Wildman–Crippen MR) is 216 cm³/mol. The molecule has 0 saturated heterocycles. The van der Waals surface area contributed by atoms with E-state index in [4.69, 9.17) is 19.1 Å². The summed E-state index contributed by atoms with van der Waals surface area (Å²) in [6, 6.07) is 0. The first-order chi connectivity index (χ1) is 26.0. The van der Waals surface area contributed by atoms with Crippen LogP contribution >= 0.6 is 7.82 Å². The molecular formula is C42H71O11P. The summed E-state index contributed by atoms with van der Waals surface area (Å²) in [6.07, 6.45) is 35.1. The highest BCUT2D eigenvalue weighted by Crippen LogP contribution is 2.43. The highest BCUT2D eigenvalue weighted by atomic mass is 31.2. The van der Waals surface area contributed by atoms with Crippen molar-refractivity contribution in [2.45, 2.75) is 148 Å². The molecule has 310 valence electrons. The normalized spacial score (nSPS) is 15.4. The average Bonchev–Trinajstić information content (AvgIpc) is 3.14. The Bertz CT molecular complexity index is 1160. The number of allylic oxidation sites excluding steroid dienone is 10. The zero-order valence-electron chi connectivity index (χ0n) is 33.2. The van der Waals surface area contributed by atoms with Crippen molar-refractivity contribution in [2.24, 2.45) is 5.92 Å². The minimum atomic E-state index is -4.64. The van der Waals surface area contributed by atoms with Crippen LogP contribution in [0.5, 0.6) is 0 Å². The highest BCUT2D eigenvalue weighted by molar-refractivity contribution is 7.47. The van der Waals surface area contributed by atoms with Gasteiger partial charge in [-0.2, -0.15) is 0 Å². The molecule has 0 amide bonds. The van der Waals surface area contributed by atoms with E-state index in [1.165, 1.54) is 32.1 Å². The van der Waals surface area contributed by atoms with Crippen molar-refractivity contribution in [2.75, 3.05) is 26.4 Å². The van der Waals surface area contributed by atoms with Crippen LogP contribution in [0.3, 0.4) is 0 Å². The second kappa shape index (κ2) is 36.0. The maximum Gasteiger partial charge on any atom is 0.472 e. The fourth-order valence-corrected chi connectivity index (χ4v) is 5.61. The zero-order valence-corrected chi connectivity index (χ0v) is 34.1. The molecule has 0 rings (SSSR count). The molecule has 0 aromatic rings. The molecule has 0 radical (unpaired) electrons. The summed E-state index contributed by atoms with van der Waals surface area (Å²) in [6.45, 7) is 4.33. The summed E-state index contributed by atoms with van der Waals surface area (Å²) in [5, 5.41) is 28.3. The van der Waals surface area contributed by atoms with E-state index >= 15 is 0 Å². The monoisotopic (exact) mass is 782 g/mol. The van der Waals surface area contributed by atoms with E-state index in [2.05, 4.69) is 37.4 Å². The number of hydrogen-bond acceptors (Lipinski definition) is 10. The number of rotatable bonds is 35. The summed E-state index contributed by atoms with van der Waals surface area (Å²) in [5.74, 6) is -0.318. The van der Waals surface area contributed by atoms with Gasteiger partial charge in [0.25, 0.3) is 0 Å². The van der Waals surface area contributed by atoms with E-state index < -0.39 is 57.9 Å². The number of hydrogen-bond donors (Lipinski definition) is 4. The van der Waals surface area contributed by atoms with E-state index in [1.807, 2.05) is 54.7 Å². The van der Waals surface area contributed by atoms with Crippen molar-refractivity contribution in [3.63, 3.8) is 0 Å². The maximum absolute atomic E-state index is 12.5. The maximum atomic E-state index is 12.5. The molecule has 0 spiro atoms. The van der Waals surface area contributed by atoms with Crippen LogP contribution in [0.2, 0.25) is 0 Å². The highest BCUT2D eigenvalue weighted by Gasteiger charge is 2.27. The molecule has 4 N–H and O–H groups in total. The number of unbranched alkanes of at least 4 members (excludes halogenated alkanes) is 7. The van der Waals surface area contributed by atoms with Crippen LogP contribution in [0.1, 0.15) is 130 Å². The van der Waals surface area contributed by atoms with Gasteiger partial charge < -0.3 is 29.7 Å². The van der Waals surface area contributed by atoms with Crippen molar-refractivity contribution in [3.8, 4) is 0 Å². The van der Waals surface area contributed by atoms with Crippen LogP contribution in [0, 0.1) is 5.92 Å². The standard InChI is InChI=1S/C42H71O11P/c1-4-5-6-7-19-24-29-38(44)30-25-20-15-10-8-9-11-16-21-26-31-41(46)50-35-40(36-52-54(48,49)51-34-39(45)33-43)53-42(47)32-27-22-17-13-12-14-18-23-28-37(2)3/h5-6,8-9,15-16,19-21,24-25,30,37-40,43-45H,4,7,10-14,17-18,22-23,26-29,31-36H2,1-3H3,(H,48,49)/b6-5-,9-8-,20-15-,21-16-,24-19-,30-25+/t38?,39-,40+/m0/s1. The Morgan fingerprint density at radius 1 is 0.685 bits per heavy atom. The topological polar surface area (TPSA) is 169 Å². The lowest BCUT2D eigenvalue weighted by Crippen LogP contribution is -2.29. The lowest BCUT2D eigenvalue weighted by atomic mass is 10.0. The van der Waals surface area contributed by atoms with Gasteiger partial charge in [0.15, 0.2) is 6.10 Å². The minimum Gasteiger partial charge on any atom is -0.462 e. The quantitative estimate of drug-likeness (QED) is 0.0159. The average molecular weight is 783 g/mol. The van der Waals surface area contributed by atoms with Gasteiger partial charge in [-0.1, -0.05) is 145 Å². The molecule has 0 saturated carbocycles. The molecular weight excluding hydrogens is 711 g/mol. The van der Waals surface area contributed by atoms with E-state index in [9.17, 15) is 29.3 Å². The lowest BCUT2D eigenvalue weighted by Gasteiger charge is -2.20. The van der Waals surface area contributed by atoms with Gasteiger partial charge in [-0.25, -0.2) is 4.57 Å². The molecule has 12 heteroatoms. The van der Waals surface area contributed by atoms with Gasteiger partial charge in [0, 0.05) is 12.8 Å². The molecule has 0 fully saturated rings. The first-order valence-corrected chi connectivity index (χ1v) is 21.4. The molecule has 54 heavy (non-hydrogen) atoms. The lowest BCUT2D eigenvalue weighted by molar-refractivity contribution is -0.161. The first-order valence-electron chi connectivity index (χ1n) is 19.9. The number of ether oxygens (including phenoxy) is 2. The number of esters is 2. The van der Waals surface area contributed by atoms with Crippen LogP contribution in [-0.2, 0) is 32.7 Å². The van der Waals surface area contributed by atoms with Crippen molar-refractivity contribution in [3.05, 3.63) is 72.9 Å². The number of carbonyl (C=O) groups excluding carboxylic acids is 2. The van der Waals surface area contributed by atoms with E-state index in [0.29, 0.717) is 25.7 Å². The summed E-state index contributed by atoms with van der Waals surface area (Å²) in [5.41, 5.74) is 0. The van der Waals surface area contributed by atoms with E-state index in [0.717, 1.165) is 44.4 Å². The molecule has 0 heterocycles. The van der Waals surface area contributed by atoms with Gasteiger partial charge in [0.05, 0.1) is 25.9 Å². The molecule has 0 bridgehead atoms. The number of carbonyl (C=O) groups is 2. The Morgan fingerprint density at radius 3 is 1.94 bits per heavy atom. The molecule has 0 aliphatic carbocycles. The van der Waals surface area contributed by atoms with Crippen LogP contribution in [0.4, 0.5) is 0 Å². The smallest absolute Gasteiger partial charge is 0.462 e. The van der Waals surface area contributed by atoms with Gasteiger partial charge in [-0.15, -0.1) is 0 Å². The molecule has 2 unspecified atom stereocenters. The Morgan fingerprint density at radius 2 is 1.28 bits per heavy atom. The molecule has 0 aromatic heterocycles. The Hall–Kier alpha value is -2.63. The van der Waals surface area contributed by atoms with Crippen molar-refractivity contribution >= 4 is 19.8 Å². The first kappa shape index (κ1) is 51.4. The minimum absolute atomic E-state index is 0.0900. The number of phosphoric acid groups is 1. The fraction of sp³-hybridized carbons (Fsp3) is 0.667. The third-order valence-electron chi connectivity index (χ3n) is 7.90. The van der Waals surface area contributed by atoms with Gasteiger partial charge in [0.2, 0.25) is 0 Å². The largest absolute Gasteiger partial charge is 0.472 e. The summed E-state index contributed by atoms with van der Waals surface area (Å²) >= 11 is 0. The Balaban J connectivity index is 4.53. The van der Waals surface area contributed by atoms with Crippen molar-refractivity contribution < 1.29 is 52.9 Å². The number of aliphatic hydroxyl groups is 3.